The summed E-state index contributed by atoms with van der Waals surface area (Å²) in [6.07, 6.45) is 2.13. The van der Waals surface area contributed by atoms with Crippen LogP contribution in [0.2, 0.25) is 0 Å². The van der Waals surface area contributed by atoms with E-state index in [1.807, 2.05) is 18.2 Å². The Bertz CT molecular complexity index is 561. The summed E-state index contributed by atoms with van der Waals surface area (Å²) in [5, 5.41) is 0. The van der Waals surface area contributed by atoms with Gasteiger partial charge in [-0.3, -0.25) is 4.79 Å². The molecule has 0 heterocycles. The highest BCUT2D eigenvalue weighted by Gasteiger charge is 2.03. The molecule has 0 unspecified atom stereocenters. The van der Waals surface area contributed by atoms with Crippen LogP contribution in [-0.2, 0) is 20.7 Å². The van der Waals surface area contributed by atoms with Crippen molar-refractivity contribution in [2.45, 2.75) is 19.3 Å². The lowest BCUT2D eigenvalue weighted by Crippen LogP contribution is -2.09. The molecule has 0 atom stereocenters. The van der Waals surface area contributed by atoms with Crippen LogP contribution in [0.3, 0.4) is 0 Å². The molecule has 116 valence electrons. The van der Waals surface area contributed by atoms with E-state index in [2.05, 4.69) is 36.4 Å². The lowest BCUT2D eigenvalue weighted by atomic mass is 10.0. The third kappa shape index (κ3) is 5.34. The van der Waals surface area contributed by atoms with E-state index < -0.39 is 0 Å². The SMILES string of the molecule is COCCOC(=O)CCCc1ccc(-c2ccccc2)cc1. The molecule has 0 amide bonds. The lowest BCUT2D eigenvalue weighted by molar-refractivity contribution is -0.145. The quantitative estimate of drug-likeness (QED) is 0.548. The largest absolute Gasteiger partial charge is 0.463 e. The summed E-state index contributed by atoms with van der Waals surface area (Å²) in [6.45, 7) is 0.786. The van der Waals surface area contributed by atoms with Crippen molar-refractivity contribution >= 4 is 5.97 Å². The van der Waals surface area contributed by atoms with E-state index >= 15 is 0 Å². The molecular formula is C19H22O3. The number of aryl methyl sites for hydroxylation is 1. The summed E-state index contributed by atoms with van der Waals surface area (Å²) in [5.74, 6) is -0.155. The van der Waals surface area contributed by atoms with E-state index in [0.29, 0.717) is 19.6 Å². The molecule has 3 nitrogen and oxygen atoms in total. The zero-order valence-corrected chi connectivity index (χ0v) is 13.0. The number of carbonyl (C=O) groups is 1. The highest BCUT2D eigenvalue weighted by molar-refractivity contribution is 5.69. The van der Waals surface area contributed by atoms with Crippen molar-refractivity contribution in [3.05, 3.63) is 60.2 Å². The Kier molecular flexibility index (Phi) is 6.65. The zero-order valence-electron chi connectivity index (χ0n) is 13.0. The van der Waals surface area contributed by atoms with Crippen LogP contribution in [-0.4, -0.2) is 26.3 Å². The molecule has 0 aromatic heterocycles. The van der Waals surface area contributed by atoms with E-state index in [-0.39, 0.29) is 5.97 Å². The molecule has 0 saturated heterocycles. The first-order chi connectivity index (χ1) is 10.8. The van der Waals surface area contributed by atoms with Crippen LogP contribution in [0.5, 0.6) is 0 Å². The first-order valence-corrected chi connectivity index (χ1v) is 7.58. The molecule has 2 aromatic carbocycles. The van der Waals surface area contributed by atoms with E-state index in [1.54, 1.807) is 7.11 Å². The van der Waals surface area contributed by atoms with Crippen molar-refractivity contribution in [3.63, 3.8) is 0 Å². The molecular weight excluding hydrogens is 276 g/mol. The van der Waals surface area contributed by atoms with Gasteiger partial charge >= 0.3 is 5.97 Å². The number of hydrogen-bond acceptors (Lipinski definition) is 3. The van der Waals surface area contributed by atoms with Gasteiger partial charge in [0, 0.05) is 13.5 Å². The molecule has 22 heavy (non-hydrogen) atoms. The molecule has 0 saturated carbocycles. The van der Waals surface area contributed by atoms with Crippen LogP contribution in [0.4, 0.5) is 0 Å². The van der Waals surface area contributed by atoms with Crippen LogP contribution in [0.25, 0.3) is 11.1 Å². The molecule has 0 aliphatic carbocycles. The van der Waals surface area contributed by atoms with Crippen molar-refractivity contribution in [2.75, 3.05) is 20.3 Å². The standard InChI is InChI=1S/C19H22O3/c1-21-14-15-22-19(20)9-5-6-16-10-12-18(13-11-16)17-7-3-2-4-8-17/h2-4,7-8,10-13H,5-6,9,14-15H2,1H3. The summed E-state index contributed by atoms with van der Waals surface area (Å²) >= 11 is 0. The average molecular weight is 298 g/mol. The summed E-state index contributed by atoms with van der Waals surface area (Å²) in [5.41, 5.74) is 3.67. The maximum absolute atomic E-state index is 11.5. The molecule has 0 radical (unpaired) electrons. The Morgan fingerprint density at radius 2 is 1.59 bits per heavy atom. The minimum atomic E-state index is -0.155. The highest BCUT2D eigenvalue weighted by atomic mass is 16.6. The van der Waals surface area contributed by atoms with Gasteiger partial charge in [0.2, 0.25) is 0 Å². The summed E-state index contributed by atoms with van der Waals surface area (Å²) < 4.78 is 9.87. The first kappa shape index (κ1) is 16.2. The Morgan fingerprint density at radius 3 is 2.27 bits per heavy atom. The van der Waals surface area contributed by atoms with Gasteiger partial charge in [-0.05, 0) is 29.5 Å². The minimum absolute atomic E-state index is 0.155. The highest BCUT2D eigenvalue weighted by Crippen LogP contribution is 2.19. The summed E-state index contributed by atoms with van der Waals surface area (Å²) in [7, 11) is 1.59. The molecule has 0 N–H and O–H groups in total. The molecule has 2 aromatic rings. The molecule has 0 spiro atoms. The van der Waals surface area contributed by atoms with Crippen LogP contribution in [0, 0.1) is 0 Å². The fourth-order valence-corrected chi connectivity index (χ4v) is 2.24. The second-order valence-corrected chi connectivity index (χ2v) is 5.13. The van der Waals surface area contributed by atoms with E-state index in [1.165, 1.54) is 16.7 Å². The lowest BCUT2D eigenvalue weighted by Gasteiger charge is -2.06. The van der Waals surface area contributed by atoms with E-state index in [0.717, 1.165) is 12.8 Å². The second kappa shape index (κ2) is 9.00. The normalized spacial score (nSPS) is 10.4. The van der Waals surface area contributed by atoms with Gasteiger partial charge in [0.05, 0.1) is 6.61 Å². The van der Waals surface area contributed by atoms with Gasteiger partial charge in [0.15, 0.2) is 0 Å². The zero-order chi connectivity index (χ0) is 15.6. The molecule has 2 rings (SSSR count). The number of methoxy groups -OCH3 is 1. The van der Waals surface area contributed by atoms with Crippen molar-refractivity contribution in [1.29, 1.82) is 0 Å². The topological polar surface area (TPSA) is 35.5 Å². The van der Waals surface area contributed by atoms with Crippen molar-refractivity contribution < 1.29 is 14.3 Å². The van der Waals surface area contributed by atoms with Crippen molar-refractivity contribution in [1.82, 2.24) is 0 Å². The minimum Gasteiger partial charge on any atom is -0.463 e. The predicted octanol–water partition coefficient (Wildman–Crippen LogP) is 3.87. The molecule has 0 fully saturated rings. The second-order valence-electron chi connectivity index (χ2n) is 5.13. The van der Waals surface area contributed by atoms with Gasteiger partial charge in [0.1, 0.15) is 6.61 Å². The number of rotatable bonds is 8. The van der Waals surface area contributed by atoms with Crippen molar-refractivity contribution in [2.24, 2.45) is 0 Å². The fourth-order valence-electron chi connectivity index (χ4n) is 2.24. The Hall–Kier alpha value is -2.13. The number of ether oxygens (including phenoxy) is 2. The molecule has 3 heteroatoms. The number of benzene rings is 2. The third-order valence-electron chi connectivity index (χ3n) is 3.46. The maximum atomic E-state index is 11.5. The monoisotopic (exact) mass is 298 g/mol. The van der Waals surface area contributed by atoms with Crippen LogP contribution < -0.4 is 0 Å². The van der Waals surface area contributed by atoms with Crippen LogP contribution in [0.15, 0.2) is 54.6 Å². The van der Waals surface area contributed by atoms with E-state index in [9.17, 15) is 4.79 Å². The van der Waals surface area contributed by atoms with Gasteiger partial charge in [-0.1, -0.05) is 54.6 Å². The number of carbonyl (C=O) groups excluding carboxylic acids is 1. The smallest absolute Gasteiger partial charge is 0.305 e. The van der Waals surface area contributed by atoms with Crippen LogP contribution >= 0.6 is 0 Å². The van der Waals surface area contributed by atoms with Crippen molar-refractivity contribution in [3.8, 4) is 11.1 Å². The first-order valence-electron chi connectivity index (χ1n) is 7.58. The molecule has 0 bridgehead atoms. The average Bonchev–Trinajstić information content (AvgIpc) is 2.57. The number of hydrogen-bond donors (Lipinski definition) is 0. The summed E-state index contributed by atoms with van der Waals surface area (Å²) in [6, 6.07) is 18.8. The Balaban J connectivity index is 1.76. The van der Waals surface area contributed by atoms with Gasteiger partial charge in [-0.25, -0.2) is 0 Å². The van der Waals surface area contributed by atoms with E-state index in [4.69, 9.17) is 9.47 Å². The molecule has 0 aliphatic rings. The van der Waals surface area contributed by atoms with Gasteiger partial charge in [0.25, 0.3) is 0 Å². The van der Waals surface area contributed by atoms with Gasteiger partial charge in [-0.2, -0.15) is 0 Å². The van der Waals surface area contributed by atoms with Gasteiger partial charge < -0.3 is 9.47 Å². The van der Waals surface area contributed by atoms with Crippen LogP contribution in [0.1, 0.15) is 18.4 Å². The summed E-state index contributed by atoms with van der Waals surface area (Å²) in [4.78, 5) is 11.5. The molecule has 0 aliphatic heterocycles. The maximum Gasteiger partial charge on any atom is 0.305 e. The third-order valence-corrected chi connectivity index (χ3v) is 3.46. The fraction of sp³-hybridized carbons (Fsp3) is 0.316. The number of esters is 1. The Labute approximate surface area is 131 Å². The Morgan fingerprint density at radius 1 is 0.909 bits per heavy atom. The van der Waals surface area contributed by atoms with Gasteiger partial charge in [-0.15, -0.1) is 0 Å². The predicted molar refractivity (Wildman–Crippen MR) is 87.7 cm³/mol.